The molecule has 0 aliphatic heterocycles. The molecule has 3 rings (SSSR count). The van der Waals surface area contributed by atoms with E-state index in [1.807, 2.05) is 0 Å². The summed E-state index contributed by atoms with van der Waals surface area (Å²) in [5.41, 5.74) is 7.21. The molecular formula is C24H29Cl2Zr-. The van der Waals surface area contributed by atoms with Crippen molar-refractivity contribution in [3.63, 3.8) is 0 Å². The monoisotopic (exact) mass is 477 g/mol. The van der Waals surface area contributed by atoms with Gasteiger partial charge in [-0.1, -0.05) is 75.9 Å². The molecule has 0 unspecified atom stereocenters. The van der Waals surface area contributed by atoms with Crippen LogP contribution in [0.3, 0.4) is 0 Å². The molecule has 144 valence electrons. The van der Waals surface area contributed by atoms with Gasteiger partial charge in [0.1, 0.15) is 0 Å². The normalized spacial score (nSPS) is 11.2. The third kappa shape index (κ3) is 5.75. The topological polar surface area (TPSA) is 0 Å². The zero-order valence-electron chi connectivity index (χ0n) is 17.0. The summed E-state index contributed by atoms with van der Waals surface area (Å²) in [5, 5.41) is 2.80. The molecule has 27 heavy (non-hydrogen) atoms. The standard InChI is InChI=1S/C24H29.2ClH.Zr/c1-6-7-11-18-15-19-13-14-22(24(3,4)5)23(21(19)16-18)20-12-9-8-10-17(20)2;;;/h8-10,12-16H,6-7,11H2,1-5H3;2*1H;/q-1;;;+2/p-2. The van der Waals surface area contributed by atoms with Gasteiger partial charge in [-0.15, -0.1) is 34.5 Å². The molecule has 0 aliphatic rings. The summed E-state index contributed by atoms with van der Waals surface area (Å²) in [6.45, 7) is 11.4. The number of halogens is 2. The van der Waals surface area contributed by atoms with Crippen LogP contribution in [0.4, 0.5) is 0 Å². The van der Waals surface area contributed by atoms with Crippen LogP contribution in [-0.2, 0) is 32.7 Å². The van der Waals surface area contributed by atoms with E-state index in [0.717, 1.165) is 0 Å². The van der Waals surface area contributed by atoms with E-state index in [1.54, 1.807) is 0 Å². The fourth-order valence-electron chi connectivity index (χ4n) is 3.64. The van der Waals surface area contributed by atoms with Gasteiger partial charge in [-0.2, -0.15) is 6.07 Å². The second kappa shape index (κ2) is 10.3. The van der Waals surface area contributed by atoms with Crippen molar-refractivity contribution in [2.24, 2.45) is 0 Å². The molecule has 0 N–H and O–H groups in total. The Morgan fingerprint density at radius 3 is 2.30 bits per heavy atom. The van der Waals surface area contributed by atoms with E-state index in [-0.39, 0.29) is 5.41 Å². The van der Waals surface area contributed by atoms with E-state index in [9.17, 15) is 0 Å². The number of fused-ring (bicyclic) bond motifs is 1. The quantitative estimate of drug-likeness (QED) is 0.329. The van der Waals surface area contributed by atoms with E-state index in [4.69, 9.17) is 17.0 Å². The Bertz CT molecular complexity index is 872. The van der Waals surface area contributed by atoms with Crippen molar-refractivity contribution in [1.82, 2.24) is 0 Å². The molecule has 0 radical (unpaired) electrons. The molecule has 0 nitrogen and oxygen atoms in total. The number of unbranched alkanes of at least 4 members (excludes halogenated alkanes) is 1. The first-order valence-electron chi connectivity index (χ1n) is 9.58. The minimum absolute atomic E-state index is 0.132. The molecular weight excluding hydrogens is 450 g/mol. The molecule has 3 aromatic carbocycles. The van der Waals surface area contributed by atoms with Gasteiger partial charge >= 0.3 is 37.9 Å². The van der Waals surface area contributed by atoms with Crippen LogP contribution in [0.25, 0.3) is 21.9 Å². The third-order valence-electron chi connectivity index (χ3n) is 4.99. The average Bonchev–Trinajstić information content (AvgIpc) is 3.02. The number of hydrogen-bond acceptors (Lipinski definition) is 0. The Hall–Kier alpha value is -0.487. The van der Waals surface area contributed by atoms with Crippen LogP contribution in [-0.4, -0.2) is 0 Å². The first-order valence-corrected chi connectivity index (χ1v) is 15.9. The summed E-state index contributed by atoms with van der Waals surface area (Å²) in [6.07, 6.45) is 3.70. The minimum atomic E-state index is -0.826. The van der Waals surface area contributed by atoms with E-state index >= 15 is 0 Å². The number of aryl methyl sites for hydroxylation is 2. The number of rotatable bonds is 4. The van der Waals surface area contributed by atoms with Gasteiger partial charge in [0.2, 0.25) is 0 Å². The zero-order chi connectivity index (χ0) is 20.0. The van der Waals surface area contributed by atoms with Crippen molar-refractivity contribution >= 4 is 27.8 Å². The molecule has 0 atom stereocenters. The van der Waals surface area contributed by atoms with Gasteiger partial charge in [-0.3, -0.25) is 0 Å². The molecule has 3 heteroatoms. The van der Waals surface area contributed by atoms with Gasteiger partial charge in [0, 0.05) is 0 Å². The first kappa shape index (κ1) is 22.8. The van der Waals surface area contributed by atoms with Crippen LogP contribution in [0.2, 0.25) is 0 Å². The van der Waals surface area contributed by atoms with Crippen molar-refractivity contribution in [2.45, 2.75) is 59.3 Å². The summed E-state index contributed by atoms with van der Waals surface area (Å²) in [6, 6.07) is 18.3. The molecule has 0 aliphatic carbocycles. The average molecular weight is 480 g/mol. The Kier molecular flexibility index (Phi) is 8.73. The zero-order valence-corrected chi connectivity index (χ0v) is 21.0. The molecule has 0 bridgehead atoms. The Morgan fingerprint density at radius 1 is 1.04 bits per heavy atom. The van der Waals surface area contributed by atoms with E-state index in [2.05, 4.69) is 83.1 Å². The molecule has 3 aromatic rings. The molecule has 0 heterocycles. The van der Waals surface area contributed by atoms with Crippen LogP contribution >= 0.6 is 17.0 Å². The summed E-state index contributed by atoms with van der Waals surface area (Å²) in [5.74, 6) is 0. The number of benzene rings is 2. The fraction of sp³-hybridized carbons (Fsp3) is 0.375. The van der Waals surface area contributed by atoms with E-state index in [1.165, 1.54) is 57.9 Å². The van der Waals surface area contributed by atoms with Crippen molar-refractivity contribution in [3.05, 3.63) is 65.2 Å². The van der Waals surface area contributed by atoms with Gasteiger partial charge in [0.05, 0.1) is 0 Å². The fourth-order valence-corrected chi connectivity index (χ4v) is 3.64. The predicted molar refractivity (Wildman–Crippen MR) is 119 cm³/mol. The summed E-state index contributed by atoms with van der Waals surface area (Å²) in [4.78, 5) is 0. The second-order valence-electron chi connectivity index (χ2n) is 8.09. The van der Waals surface area contributed by atoms with Gasteiger partial charge in [0.15, 0.2) is 0 Å². The Labute approximate surface area is 183 Å². The SMILES string of the molecule is CCCCc1cc2c(-c3ccccc3C)c(C(C)(C)C)ccc2[cH-]1.[Cl][Zr][Cl]. The number of hydrogen-bond donors (Lipinski definition) is 0. The maximum atomic E-state index is 4.93. The summed E-state index contributed by atoms with van der Waals surface area (Å²) >= 11 is -0.826. The van der Waals surface area contributed by atoms with Gasteiger partial charge in [-0.05, 0) is 29.9 Å². The Morgan fingerprint density at radius 2 is 1.70 bits per heavy atom. The van der Waals surface area contributed by atoms with Crippen LogP contribution in [0.5, 0.6) is 0 Å². The van der Waals surface area contributed by atoms with Gasteiger partial charge < -0.3 is 0 Å². The van der Waals surface area contributed by atoms with E-state index < -0.39 is 20.8 Å². The molecule has 0 saturated heterocycles. The van der Waals surface area contributed by atoms with Crippen molar-refractivity contribution in [1.29, 1.82) is 0 Å². The summed E-state index contributed by atoms with van der Waals surface area (Å²) in [7, 11) is 9.87. The summed E-state index contributed by atoms with van der Waals surface area (Å²) < 4.78 is 0. The molecule has 0 saturated carbocycles. The predicted octanol–water partition coefficient (Wildman–Crippen LogP) is 8.55. The molecule has 0 spiro atoms. The van der Waals surface area contributed by atoms with E-state index in [0.29, 0.717) is 0 Å². The molecule has 0 fully saturated rings. The van der Waals surface area contributed by atoms with Crippen molar-refractivity contribution in [2.75, 3.05) is 0 Å². The molecule has 0 aromatic heterocycles. The second-order valence-corrected chi connectivity index (χ2v) is 11.8. The van der Waals surface area contributed by atoms with Crippen molar-refractivity contribution in [3.8, 4) is 11.1 Å². The van der Waals surface area contributed by atoms with Crippen LogP contribution in [0.15, 0.2) is 48.5 Å². The van der Waals surface area contributed by atoms with Crippen LogP contribution in [0, 0.1) is 6.92 Å². The van der Waals surface area contributed by atoms with Crippen LogP contribution < -0.4 is 0 Å². The Balaban J connectivity index is 0.000000817. The van der Waals surface area contributed by atoms with Gasteiger partial charge in [0.25, 0.3) is 0 Å². The maximum absolute atomic E-state index is 4.93. The first-order chi connectivity index (χ1) is 12.8. The third-order valence-corrected chi connectivity index (χ3v) is 4.99. The molecule has 0 amide bonds. The van der Waals surface area contributed by atoms with Crippen molar-refractivity contribution < 1.29 is 20.8 Å². The van der Waals surface area contributed by atoms with Crippen LogP contribution in [0.1, 0.15) is 57.2 Å². The van der Waals surface area contributed by atoms with Gasteiger partial charge in [-0.25, -0.2) is 0 Å².